The zero-order valence-electron chi connectivity index (χ0n) is 13.2. The molecule has 0 saturated carbocycles. The first-order chi connectivity index (χ1) is 11.0. The van der Waals surface area contributed by atoms with Crippen molar-refractivity contribution < 1.29 is 0 Å². The predicted molar refractivity (Wildman–Crippen MR) is 96.2 cm³/mol. The zero-order valence-corrected chi connectivity index (χ0v) is 14.7. The van der Waals surface area contributed by atoms with E-state index in [0.29, 0.717) is 27.4 Å². The third-order valence-corrected chi connectivity index (χ3v) is 4.50. The maximum Gasteiger partial charge on any atom is 0.136 e. The molecule has 7 heteroatoms. The average molecular weight is 352 g/mol. The van der Waals surface area contributed by atoms with Crippen LogP contribution in [-0.4, -0.2) is 48.1 Å². The van der Waals surface area contributed by atoms with Crippen LogP contribution in [0.2, 0.25) is 10.0 Å². The van der Waals surface area contributed by atoms with Gasteiger partial charge in [-0.15, -0.1) is 0 Å². The van der Waals surface area contributed by atoms with Gasteiger partial charge in [-0.1, -0.05) is 29.3 Å². The van der Waals surface area contributed by atoms with Crippen LogP contribution in [0.4, 0.5) is 17.3 Å². The second-order valence-corrected chi connectivity index (χ2v) is 6.48. The monoisotopic (exact) mass is 351 g/mol. The summed E-state index contributed by atoms with van der Waals surface area (Å²) < 4.78 is 0. The van der Waals surface area contributed by atoms with Crippen LogP contribution in [0.15, 0.2) is 24.3 Å². The van der Waals surface area contributed by atoms with Crippen molar-refractivity contribution in [1.29, 1.82) is 0 Å². The molecule has 1 aromatic carbocycles. The van der Waals surface area contributed by atoms with E-state index in [1.54, 1.807) is 12.1 Å². The number of likely N-dealkylation sites (N-methyl/N-ethyl adjacent to an activating group) is 1. The highest BCUT2D eigenvalue weighted by molar-refractivity contribution is 6.39. The van der Waals surface area contributed by atoms with Crippen molar-refractivity contribution in [2.24, 2.45) is 0 Å². The smallest absolute Gasteiger partial charge is 0.136 e. The molecule has 23 heavy (non-hydrogen) atoms. The van der Waals surface area contributed by atoms with Gasteiger partial charge in [0.15, 0.2) is 0 Å². The third kappa shape index (κ3) is 3.86. The molecule has 1 N–H and O–H groups in total. The predicted octanol–water partition coefficient (Wildman–Crippen LogP) is 3.59. The van der Waals surface area contributed by atoms with Crippen molar-refractivity contribution in [2.75, 3.05) is 43.4 Å². The van der Waals surface area contributed by atoms with Crippen LogP contribution in [0.25, 0.3) is 0 Å². The van der Waals surface area contributed by atoms with Gasteiger partial charge >= 0.3 is 0 Å². The highest BCUT2D eigenvalue weighted by atomic mass is 35.5. The largest absolute Gasteiger partial charge is 0.354 e. The van der Waals surface area contributed by atoms with E-state index in [0.717, 1.165) is 32.0 Å². The Balaban J connectivity index is 1.86. The lowest BCUT2D eigenvalue weighted by Gasteiger charge is -2.33. The first-order valence-electron chi connectivity index (χ1n) is 7.53. The normalized spacial score (nSPS) is 15.7. The first-order valence-corrected chi connectivity index (χ1v) is 8.29. The maximum absolute atomic E-state index is 6.22. The standard InChI is InChI=1S/C16H19Cl2N5/c1-11-19-14(21-16-12(17)4-3-5-13(16)18)10-15(20-11)23-8-6-22(2)7-9-23/h3-5,10H,6-9H2,1-2H3,(H,19,20,21). The summed E-state index contributed by atoms with van der Waals surface area (Å²) in [5.41, 5.74) is 0.665. The molecule has 1 aliphatic heterocycles. The highest BCUT2D eigenvalue weighted by Crippen LogP contribution is 2.32. The second kappa shape index (κ2) is 6.91. The number of aryl methyl sites for hydroxylation is 1. The van der Waals surface area contributed by atoms with Crippen LogP contribution in [0, 0.1) is 6.92 Å². The van der Waals surface area contributed by atoms with Crippen molar-refractivity contribution >= 4 is 40.5 Å². The molecule has 5 nitrogen and oxygen atoms in total. The molecule has 2 aromatic rings. The summed E-state index contributed by atoms with van der Waals surface area (Å²) in [5.74, 6) is 2.34. The van der Waals surface area contributed by atoms with Gasteiger partial charge in [0.05, 0.1) is 15.7 Å². The van der Waals surface area contributed by atoms with Gasteiger partial charge < -0.3 is 15.1 Å². The summed E-state index contributed by atoms with van der Waals surface area (Å²) in [6.45, 7) is 5.86. The number of piperazine rings is 1. The van der Waals surface area contributed by atoms with Gasteiger partial charge in [0.1, 0.15) is 17.5 Å². The fraction of sp³-hybridized carbons (Fsp3) is 0.375. The van der Waals surface area contributed by atoms with E-state index in [-0.39, 0.29) is 0 Å². The Kier molecular flexibility index (Phi) is 4.90. The molecule has 0 amide bonds. The number of aromatic nitrogens is 2. The number of nitrogens with zero attached hydrogens (tertiary/aromatic N) is 4. The van der Waals surface area contributed by atoms with E-state index < -0.39 is 0 Å². The van der Waals surface area contributed by atoms with E-state index in [2.05, 4.69) is 32.1 Å². The number of para-hydroxylation sites is 1. The highest BCUT2D eigenvalue weighted by Gasteiger charge is 2.17. The lowest BCUT2D eigenvalue weighted by Crippen LogP contribution is -2.44. The fourth-order valence-electron chi connectivity index (χ4n) is 2.56. The molecule has 0 aliphatic carbocycles. The van der Waals surface area contributed by atoms with Gasteiger partial charge in [0, 0.05) is 32.2 Å². The van der Waals surface area contributed by atoms with Gasteiger partial charge in [-0.25, -0.2) is 9.97 Å². The number of hydrogen-bond acceptors (Lipinski definition) is 5. The van der Waals surface area contributed by atoms with Crippen LogP contribution < -0.4 is 10.2 Å². The maximum atomic E-state index is 6.22. The quantitative estimate of drug-likeness (QED) is 0.915. The molecule has 122 valence electrons. The molecule has 1 saturated heterocycles. The van der Waals surface area contributed by atoms with Crippen LogP contribution >= 0.6 is 23.2 Å². The van der Waals surface area contributed by atoms with Crippen LogP contribution in [0.3, 0.4) is 0 Å². The molecule has 1 fully saturated rings. The summed E-state index contributed by atoms with van der Waals surface area (Å²) in [6.07, 6.45) is 0. The van der Waals surface area contributed by atoms with Crippen LogP contribution in [0.5, 0.6) is 0 Å². The van der Waals surface area contributed by atoms with Gasteiger partial charge in [-0.05, 0) is 26.1 Å². The average Bonchev–Trinajstić information content (AvgIpc) is 2.51. The molecule has 1 aromatic heterocycles. The Labute approximate surface area is 146 Å². The number of halogens is 2. The zero-order chi connectivity index (χ0) is 16.4. The lowest BCUT2D eigenvalue weighted by atomic mass is 10.3. The molecular formula is C16H19Cl2N5. The topological polar surface area (TPSA) is 44.3 Å². The number of rotatable bonds is 3. The minimum Gasteiger partial charge on any atom is -0.354 e. The Bertz CT molecular complexity index is 679. The second-order valence-electron chi connectivity index (χ2n) is 5.67. The lowest BCUT2D eigenvalue weighted by molar-refractivity contribution is 0.312. The van der Waals surface area contributed by atoms with E-state index in [1.165, 1.54) is 0 Å². The van der Waals surface area contributed by atoms with Crippen molar-refractivity contribution in [2.45, 2.75) is 6.92 Å². The van der Waals surface area contributed by atoms with Crippen molar-refractivity contribution in [3.8, 4) is 0 Å². The Morgan fingerprint density at radius 1 is 1.04 bits per heavy atom. The summed E-state index contributed by atoms with van der Waals surface area (Å²) in [5, 5.41) is 4.35. The number of hydrogen-bond donors (Lipinski definition) is 1. The number of benzene rings is 1. The molecule has 0 atom stereocenters. The third-order valence-electron chi connectivity index (χ3n) is 3.87. The van der Waals surface area contributed by atoms with Gasteiger partial charge in [-0.3, -0.25) is 0 Å². The Morgan fingerprint density at radius 3 is 2.35 bits per heavy atom. The molecule has 0 unspecified atom stereocenters. The summed E-state index contributed by atoms with van der Waals surface area (Å²) in [4.78, 5) is 13.6. The molecule has 3 rings (SSSR count). The Morgan fingerprint density at radius 2 is 1.70 bits per heavy atom. The van der Waals surface area contributed by atoms with E-state index in [4.69, 9.17) is 23.2 Å². The Hall–Kier alpha value is -1.56. The van der Waals surface area contributed by atoms with Crippen molar-refractivity contribution in [1.82, 2.24) is 14.9 Å². The summed E-state index contributed by atoms with van der Waals surface area (Å²) in [6, 6.07) is 7.35. The minimum atomic E-state index is 0.565. The van der Waals surface area contributed by atoms with Gasteiger partial charge in [-0.2, -0.15) is 0 Å². The fourth-order valence-corrected chi connectivity index (χ4v) is 3.05. The molecule has 0 bridgehead atoms. The number of anilines is 3. The molecular weight excluding hydrogens is 333 g/mol. The molecule has 0 spiro atoms. The molecule has 1 aliphatic rings. The van der Waals surface area contributed by atoms with E-state index >= 15 is 0 Å². The number of nitrogens with one attached hydrogen (secondary N) is 1. The SMILES string of the molecule is Cc1nc(Nc2c(Cl)cccc2Cl)cc(N2CCN(C)CC2)n1. The minimum absolute atomic E-state index is 0.565. The van der Waals surface area contributed by atoms with Crippen LogP contribution in [-0.2, 0) is 0 Å². The summed E-state index contributed by atoms with van der Waals surface area (Å²) in [7, 11) is 2.13. The van der Waals surface area contributed by atoms with Gasteiger partial charge in [0.25, 0.3) is 0 Å². The van der Waals surface area contributed by atoms with Gasteiger partial charge in [0.2, 0.25) is 0 Å². The van der Waals surface area contributed by atoms with Crippen LogP contribution in [0.1, 0.15) is 5.82 Å². The molecule has 0 radical (unpaired) electrons. The summed E-state index contributed by atoms with van der Waals surface area (Å²) >= 11 is 12.4. The van der Waals surface area contributed by atoms with Crippen molar-refractivity contribution in [3.63, 3.8) is 0 Å². The van der Waals surface area contributed by atoms with E-state index in [1.807, 2.05) is 19.1 Å². The van der Waals surface area contributed by atoms with E-state index in [9.17, 15) is 0 Å². The first kappa shape index (κ1) is 16.3. The van der Waals surface area contributed by atoms with Crippen molar-refractivity contribution in [3.05, 3.63) is 40.1 Å². The molecule has 2 heterocycles.